The van der Waals surface area contributed by atoms with Crippen molar-refractivity contribution in [3.05, 3.63) is 34.1 Å². The minimum absolute atomic E-state index is 0.183. The van der Waals surface area contributed by atoms with Crippen molar-refractivity contribution in [2.24, 2.45) is 0 Å². The SMILES string of the molecule is COCc1cc(Cl)c(F)c(C(O)C(=O)OC)c1. The molecule has 0 heterocycles. The fourth-order valence-corrected chi connectivity index (χ4v) is 1.61. The molecule has 0 saturated carbocycles. The number of esters is 1. The van der Waals surface area contributed by atoms with Crippen LogP contribution in [0, 0.1) is 5.82 Å². The zero-order valence-electron chi connectivity index (χ0n) is 9.37. The maximum absolute atomic E-state index is 13.6. The van der Waals surface area contributed by atoms with E-state index in [9.17, 15) is 14.3 Å². The van der Waals surface area contributed by atoms with Crippen LogP contribution in [0.25, 0.3) is 0 Å². The maximum atomic E-state index is 13.6. The van der Waals surface area contributed by atoms with Crippen molar-refractivity contribution >= 4 is 17.6 Å². The standard InChI is InChI=1S/C11H12ClFO4/c1-16-5-6-3-7(9(13)8(12)4-6)10(14)11(15)17-2/h3-4,10,14H,5H2,1-2H3. The Labute approximate surface area is 103 Å². The van der Waals surface area contributed by atoms with Gasteiger partial charge < -0.3 is 14.6 Å². The monoisotopic (exact) mass is 262 g/mol. The summed E-state index contributed by atoms with van der Waals surface area (Å²) in [6.07, 6.45) is -1.70. The summed E-state index contributed by atoms with van der Waals surface area (Å²) in [6, 6.07) is 2.68. The molecule has 6 heteroatoms. The van der Waals surface area contributed by atoms with Crippen molar-refractivity contribution in [1.82, 2.24) is 0 Å². The highest BCUT2D eigenvalue weighted by atomic mass is 35.5. The lowest BCUT2D eigenvalue weighted by atomic mass is 10.1. The summed E-state index contributed by atoms with van der Waals surface area (Å²) in [4.78, 5) is 11.1. The Morgan fingerprint density at radius 2 is 2.18 bits per heavy atom. The fourth-order valence-electron chi connectivity index (χ4n) is 1.36. The second-order valence-corrected chi connectivity index (χ2v) is 3.75. The minimum Gasteiger partial charge on any atom is -0.467 e. The molecule has 0 radical (unpaired) electrons. The van der Waals surface area contributed by atoms with Crippen LogP contribution in [0.3, 0.4) is 0 Å². The van der Waals surface area contributed by atoms with Gasteiger partial charge in [0.25, 0.3) is 0 Å². The Balaban J connectivity index is 3.17. The highest BCUT2D eigenvalue weighted by Crippen LogP contribution is 2.26. The van der Waals surface area contributed by atoms with Gasteiger partial charge in [-0.3, -0.25) is 0 Å². The van der Waals surface area contributed by atoms with E-state index in [1.165, 1.54) is 19.2 Å². The van der Waals surface area contributed by atoms with Crippen molar-refractivity contribution in [3.63, 3.8) is 0 Å². The molecule has 0 aromatic heterocycles. The van der Waals surface area contributed by atoms with Crippen molar-refractivity contribution < 1.29 is 23.8 Å². The molecule has 94 valence electrons. The van der Waals surface area contributed by atoms with Gasteiger partial charge in [-0.25, -0.2) is 9.18 Å². The smallest absolute Gasteiger partial charge is 0.339 e. The van der Waals surface area contributed by atoms with E-state index < -0.39 is 17.9 Å². The number of aliphatic hydroxyl groups excluding tert-OH is 1. The predicted octanol–water partition coefficient (Wildman–Crippen LogP) is 1.83. The molecule has 0 saturated heterocycles. The van der Waals surface area contributed by atoms with Gasteiger partial charge in [0.15, 0.2) is 6.10 Å². The third kappa shape index (κ3) is 3.15. The minimum atomic E-state index is -1.70. The summed E-state index contributed by atoms with van der Waals surface area (Å²) >= 11 is 5.65. The third-order valence-electron chi connectivity index (χ3n) is 2.15. The summed E-state index contributed by atoms with van der Waals surface area (Å²) in [5.74, 6) is -1.79. The molecule has 0 fully saturated rings. The molecule has 4 nitrogen and oxygen atoms in total. The van der Waals surface area contributed by atoms with Gasteiger partial charge in [-0.2, -0.15) is 0 Å². The Morgan fingerprint density at radius 1 is 1.53 bits per heavy atom. The number of ether oxygens (including phenoxy) is 2. The average Bonchev–Trinajstić information content (AvgIpc) is 2.32. The zero-order chi connectivity index (χ0) is 13.0. The molecule has 17 heavy (non-hydrogen) atoms. The summed E-state index contributed by atoms with van der Waals surface area (Å²) < 4.78 is 22.8. The van der Waals surface area contributed by atoms with E-state index in [2.05, 4.69) is 4.74 Å². The summed E-state index contributed by atoms with van der Waals surface area (Å²) in [5.41, 5.74) is 0.327. The quantitative estimate of drug-likeness (QED) is 0.841. The molecule has 1 aromatic carbocycles. The second-order valence-electron chi connectivity index (χ2n) is 3.34. The lowest BCUT2D eigenvalue weighted by Gasteiger charge is -2.12. The van der Waals surface area contributed by atoms with E-state index in [1.807, 2.05) is 0 Å². The first-order chi connectivity index (χ1) is 8.01. The largest absolute Gasteiger partial charge is 0.467 e. The third-order valence-corrected chi connectivity index (χ3v) is 2.42. The number of rotatable bonds is 4. The first-order valence-corrected chi connectivity index (χ1v) is 5.11. The first kappa shape index (κ1) is 13.9. The second kappa shape index (κ2) is 5.95. The molecule has 1 unspecified atom stereocenters. The number of aliphatic hydroxyl groups is 1. The Bertz CT molecular complexity index is 422. The number of methoxy groups -OCH3 is 2. The molecule has 0 spiro atoms. The molecule has 1 atom stereocenters. The van der Waals surface area contributed by atoms with Crippen molar-refractivity contribution in [2.45, 2.75) is 12.7 Å². The Morgan fingerprint density at radius 3 is 2.71 bits per heavy atom. The lowest BCUT2D eigenvalue weighted by molar-refractivity contribution is -0.150. The number of benzene rings is 1. The van der Waals surface area contributed by atoms with Crippen molar-refractivity contribution in [3.8, 4) is 0 Å². The van der Waals surface area contributed by atoms with Gasteiger partial charge in [0.05, 0.1) is 18.7 Å². The van der Waals surface area contributed by atoms with E-state index in [1.54, 1.807) is 0 Å². The molecule has 1 rings (SSSR count). The van der Waals surface area contributed by atoms with Crippen LogP contribution >= 0.6 is 11.6 Å². The molecular formula is C11H12ClFO4. The van der Waals surface area contributed by atoms with Crippen LogP contribution in [-0.2, 0) is 20.9 Å². The Hall–Kier alpha value is -1.17. The van der Waals surface area contributed by atoms with Gasteiger partial charge in [0.1, 0.15) is 5.82 Å². The molecule has 0 bridgehead atoms. The number of carbonyl (C=O) groups excluding carboxylic acids is 1. The van der Waals surface area contributed by atoms with Gasteiger partial charge in [-0.1, -0.05) is 11.6 Å². The van der Waals surface area contributed by atoms with Crippen LogP contribution in [0.15, 0.2) is 12.1 Å². The molecule has 0 aliphatic heterocycles. The molecule has 0 amide bonds. The van der Waals surface area contributed by atoms with Crippen molar-refractivity contribution in [2.75, 3.05) is 14.2 Å². The fraction of sp³-hybridized carbons (Fsp3) is 0.364. The van der Waals surface area contributed by atoms with E-state index in [-0.39, 0.29) is 17.2 Å². The highest BCUT2D eigenvalue weighted by molar-refractivity contribution is 6.30. The van der Waals surface area contributed by atoms with Gasteiger partial charge in [-0.05, 0) is 17.7 Å². The van der Waals surface area contributed by atoms with Crippen LogP contribution in [0.5, 0.6) is 0 Å². The van der Waals surface area contributed by atoms with E-state index in [0.29, 0.717) is 5.56 Å². The van der Waals surface area contributed by atoms with E-state index in [4.69, 9.17) is 16.3 Å². The summed E-state index contributed by atoms with van der Waals surface area (Å²) in [6.45, 7) is 0.195. The van der Waals surface area contributed by atoms with Gasteiger partial charge in [0, 0.05) is 12.7 Å². The van der Waals surface area contributed by atoms with Crippen LogP contribution in [-0.4, -0.2) is 25.3 Å². The van der Waals surface area contributed by atoms with Crippen LogP contribution in [0.4, 0.5) is 4.39 Å². The molecule has 0 aliphatic rings. The first-order valence-electron chi connectivity index (χ1n) is 4.74. The zero-order valence-corrected chi connectivity index (χ0v) is 10.1. The number of hydrogen-bond donors (Lipinski definition) is 1. The topological polar surface area (TPSA) is 55.8 Å². The van der Waals surface area contributed by atoms with E-state index in [0.717, 1.165) is 7.11 Å². The number of carbonyl (C=O) groups is 1. The highest BCUT2D eigenvalue weighted by Gasteiger charge is 2.23. The van der Waals surface area contributed by atoms with E-state index >= 15 is 0 Å². The molecular weight excluding hydrogens is 251 g/mol. The van der Waals surface area contributed by atoms with Crippen LogP contribution in [0.1, 0.15) is 17.2 Å². The Kier molecular flexibility index (Phi) is 4.86. The molecule has 1 N–H and O–H groups in total. The summed E-state index contributed by atoms with van der Waals surface area (Å²) in [5, 5.41) is 9.39. The van der Waals surface area contributed by atoms with Gasteiger partial charge in [0.2, 0.25) is 0 Å². The normalized spacial score (nSPS) is 12.3. The molecule has 0 aliphatic carbocycles. The van der Waals surface area contributed by atoms with Gasteiger partial charge in [-0.15, -0.1) is 0 Å². The molecule has 1 aromatic rings. The van der Waals surface area contributed by atoms with Gasteiger partial charge >= 0.3 is 5.97 Å². The van der Waals surface area contributed by atoms with Crippen LogP contribution < -0.4 is 0 Å². The maximum Gasteiger partial charge on any atom is 0.339 e. The van der Waals surface area contributed by atoms with Crippen molar-refractivity contribution in [1.29, 1.82) is 0 Å². The number of halogens is 2. The average molecular weight is 263 g/mol. The predicted molar refractivity (Wildman–Crippen MR) is 59.1 cm³/mol. The van der Waals surface area contributed by atoms with Crippen LogP contribution in [0.2, 0.25) is 5.02 Å². The summed E-state index contributed by atoms with van der Waals surface area (Å²) in [7, 11) is 2.57. The number of hydrogen-bond acceptors (Lipinski definition) is 4. The lowest BCUT2D eigenvalue weighted by Crippen LogP contribution is -2.15.